The fourth-order valence-electron chi connectivity index (χ4n) is 1.58. The maximum Gasteiger partial charge on any atom is 0.138 e. The van der Waals surface area contributed by atoms with Crippen LogP contribution in [-0.2, 0) is 13.2 Å². The summed E-state index contributed by atoms with van der Waals surface area (Å²) in [5, 5.41) is 8.05. The van der Waals surface area contributed by atoms with Crippen LogP contribution in [0.15, 0.2) is 35.0 Å². The molecule has 2 aromatic rings. The van der Waals surface area contributed by atoms with Crippen molar-refractivity contribution in [1.82, 2.24) is 5.32 Å². The van der Waals surface area contributed by atoms with E-state index in [0.717, 1.165) is 18.8 Å². The lowest BCUT2D eigenvalue weighted by molar-refractivity contribution is 0.307. The Bertz CT molecular complexity index is 485. The first-order valence-electron chi connectivity index (χ1n) is 5.92. The molecule has 0 spiro atoms. The predicted octanol–water partition coefficient (Wildman–Crippen LogP) is 4.09. The molecule has 18 heavy (non-hydrogen) atoms. The molecular formula is C14H16ClNOS. The van der Waals surface area contributed by atoms with Gasteiger partial charge in [-0.25, -0.2) is 0 Å². The Balaban J connectivity index is 1.96. The molecule has 1 N–H and O–H groups in total. The van der Waals surface area contributed by atoms with E-state index >= 15 is 0 Å². The van der Waals surface area contributed by atoms with Crippen molar-refractivity contribution in [2.75, 3.05) is 6.54 Å². The van der Waals surface area contributed by atoms with Crippen LogP contribution in [0, 0.1) is 0 Å². The van der Waals surface area contributed by atoms with Crippen molar-refractivity contribution in [2.24, 2.45) is 0 Å². The largest absolute Gasteiger partial charge is 0.487 e. The van der Waals surface area contributed by atoms with Gasteiger partial charge in [0, 0.05) is 6.54 Å². The van der Waals surface area contributed by atoms with E-state index in [9.17, 15) is 0 Å². The minimum Gasteiger partial charge on any atom is -0.487 e. The van der Waals surface area contributed by atoms with Crippen molar-refractivity contribution in [2.45, 2.75) is 20.1 Å². The summed E-state index contributed by atoms with van der Waals surface area (Å²) in [6, 6.07) is 7.98. The molecule has 0 fully saturated rings. The third-order valence-electron chi connectivity index (χ3n) is 2.55. The molecule has 0 saturated heterocycles. The molecule has 0 amide bonds. The van der Waals surface area contributed by atoms with Gasteiger partial charge in [-0.3, -0.25) is 0 Å². The zero-order valence-corrected chi connectivity index (χ0v) is 11.9. The Kier molecular flexibility index (Phi) is 5.05. The first kappa shape index (κ1) is 13.4. The number of benzene rings is 1. The highest BCUT2D eigenvalue weighted by Crippen LogP contribution is 2.26. The van der Waals surface area contributed by atoms with Gasteiger partial charge in [0.05, 0.1) is 5.02 Å². The molecule has 0 bridgehead atoms. The Labute approximate surface area is 117 Å². The molecular weight excluding hydrogens is 266 g/mol. The van der Waals surface area contributed by atoms with Crippen LogP contribution >= 0.6 is 22.9 Å². The lowest BCUT2D eigenvalue weighted by atomic mass is 10.2. The number of hydrogen-bond acceptors (Lipinski definition) is 3. The molecule has 1 heterocycles. The number of hydrogen-bond donors (Lipinski definition) is 1. The van der Waals surface area contributed by atoms with Gasteiger partial charge in [0.2, 0.25) is 0 Å². The second-order valence-electron chi connectivity index (χ2n) is 3.97. The number of thiophene rings is 1. The summed E-state index contributed by atoms with van der Waals surface area (Å²) in [4.78, 5) is 0. The molecule has 0 unspecified atom stereocenters. The zero-order chi connectivity index (χ0) is 12.8. The fraction of sp³-hybridized carbons (Fsp3) is 0.286. The van der Waals surface area contributed by atoms with Gasteiger partial charge in [-0.2, -0.15) is 11.3 Å². The number of halogens is 1. The van der Waals surface area contributed by atoms with Crippen LogP contribution in [0.3, 0.4) is 0 Å². The number of rotatable bonds is 6. The monoisotopic (exact) mass is 281 g/mol. The summed E-state index contributed by atoms with van der Waals surface area (Å²) in [5.74, 6) is 0.739. The summed E-state index contributed by atoms with van der Waals surface area (Å²) in [7, 11) is 0. The van der Waals surface area contributed by atoms with Gasteiger partial charge in [-0.15, -0.1) is 0 Å². The van der Waals surface area contributed by atoms with E-state index in [0.29, 0.717) is 11.6 Å². The lowest BCUT2D eigenvalue weighted by Gasteiger charge is -2.09. The second kappa shape index (κ2) is 6.78. The minimum atomic E-state index is 0.565. The van der Waals surface area contributed by atoms with Crippen LogP contribution in [-0.4, -0.2) is 6.54 Å². The zero-order valence-electron chi connectivity index (χ0n) is 10.3. The van der Waals surface area contributed by atoms with E-state index in [1.165, 1.54) is 11.1 Å². The van der Waals surface area contributed by atoms with Gasteiger partial charge in [-0.05, 0) is 46.6 Å². The van der Waals surface area contributed by atoms with Crippen LogP contribution in [0.5, 0.6) is 5.75 Å². The highest BCUT2D eigenvalue weighted by molar-refractivity contribution is 7.07. The molecule has 0 radical (unpaired) electrons. The summed E-state index contributed by atoms with van der Waals surface area (Å²) in [6.45, 7) is 4.44. The topological polar surface area (TPSA) is 21.3 Å². The molecule has 1 aromatic heterocycles. The van der Waals surface area contributed by atoms with Crippen LogP contribution in [0.2, 0.25) is 5.02 Å². The molecule has 96 valence electrons. The van der Waals surface area contributed by atoms with Crippen molar-refractivity contribution in [3.63, 3.8) is 0 Å². The van der Waals surface area contributed by atoms with Crippen molar-refractivity contribution in [3.8, 4) is 5.75 Å². The Morgan fingerprint density at radius 3 is 2.83 bits per heavy atom. The molecule has 0 aliphatic rings. The average molecular weight is 282 g/mol. The normalized spacial score (nSPS) is 10.6. The highest BCUT2D eigenvalue weighted by atomic mass is 35.5. The SMILES string of the molecule is CCNCc1ccc(OCc2ccsc2)c(Cl)c1. The van der Waals surface area contributed by atoms with E-state index in [4.69, 9.17) is 16.3 Å². The second-order valence-corrected chi connectivity index (χ2v) is 5.15. The van der Waals surface area contributed by atoms with E-state index in [-0.39, 0.29) is 0 Å². The van der Waals surface area contributed by atoms with E-state index in [2.05, 4.69) is 23.7 Å². The van der Waals surface area contributed by atoms with E-state index in [1.54, 1.807) is 11.3 Å². The van der Waals surface area contributed by atoms with E-state index in [1.807, 2.05) is 23.6 Å². The Morgan fingerprint density at radius 1 is 1.28 bits per heavy atom. The van der Waals surface area contributed by atoms with Crippen LogP contribution < -0.4 is 10.1 Å². The Hall–Kier alpha value is -1.03. The summed E-state index contributed by atoms with van der Waals surface area (Å²) in [6.07, 6.45) is 0. The predicted molar refractivity (Wildman–Crippen MR) is 77.5 cm³/mol. The Morgan fingerprint density at radius 2 is 2.17 bits per heavy atom. The smallest absolute Gasteiger partial charge is 0.138 e. The molecule has 1 aromatic carbocycles. The van der Waals surface area contributed by atoms with Crippen molar-refractivity contribution in [3.05, 3.63) is 51.2 Å². The van der Waals surface area contributed by atoms with Crippen LogP contribution in [0.4, 0.5) is 0 Å². The standard InChI is InChI=1S/C14H16ClNOS/c1-2-16-8-11-3-4-14(13(15)7-11)17-9-12-5-6-18-10-12/h3-7,10,16H,2,8-9H2,1H3. The third-order valence-corrected chi connectivity index (χ3v) is 3.58. The highest BCUT2D eigenvalue weighted by Gasteiger charge is 2.03. The first-order valence-corrected chi connectivity index (χ1v) is 7.24. The van der Waals surface area contributed by atoms with Crippen LogP contribution in [0.1, 0.15) is 18.1 Å². The molecule has 2 rings (SSSR count). The van der Waals surface area contributed by atoms with Crippen molar-refractivity contribution in [1.29, 1.82) is 0 Å². The fourth-order valence-corrected chi connectivity index (χ4v) is 2.49. The van der Waals surface area contributed by atoms with Gasteiger partial charge < -0.3 is 10.1 Å². The van der Waals surface area contributed by atoms with Gasteiger partial charge >= 0.3 is 0 Å². The minimum absolute atomic E-state index is 0.565. The number of ether oxygens (including phenoxy) is 1. The van der Waals surface area contributed by atoms with Crippen LogP contribution in [0.25, 0.3) is 0 Å². The van der Waals surface area contributed by atoms with Gasteiger partial charge in [-0.1, -0.05) is 24.6 Å². The molecule has 0 saturated carbocycles. The molecule has 0 atom stereocenters. The molecule has 4 heteroatoms. The third kappa shape index (κ3) is 3.73. The van der Waals surface area contributed by atoms with Crippen molar-refractivity contribution < 1.29 is 4.74 Å². The summed E-state index contributed by atoms with van der Waals surface area (Å²) in [5.41, 5.74) is 2.34. The average Bonchev–Trinajstić information content (AvgIpc) is 2.88. The lowest BCUT2D eigenvalue weighted by Crippen LogP contribution is -2.11. The molecule has 0 aliphatic carbocycles. The summed E-state index contributed by atoms with van der Waals surface area (Å²) >= 11 is 7.87. The molecule has 2 nitrogen and oxygen atoms in total. The van der Waals surface area contributed by atoms with E-state index < -0.39 is 0 Å². The number of nitrogens with one attached hydrogen (secondary N) is 1. The van der Waals surface area contributed by atoms with Gasteiger partial charge in [0.1, 0.15) is 12.4 Å². The molecule has 0 aliphatic heterocycles. The summed E-state index contributed by atoms with van der Waals surface area (Å²) < 4.78 is 5.69. The van der Waals surface area contributed by atoms with Gasteiger partial charge in [0.25, 0.3) is 0 Å². The van der Waals surface area contributed by atoms with Crippen molar-refractivity contribution >= 4 is 22.9 Å². The first-order chi connectivity index (χ1) is 8.79. The quantitative estimate of drug-likeness (QED) is 0.861. The maximum absolute atomic E-state index is 6.20. The van der Waals surface area contributed by atoms with Gasteiger partial charge in [0.15, 0.2) is 0 Å². The maximum atomic E-state index is 6.20.